The van der Waals surface area contributed by atoms with E-state index in [1.807, 2.05) is 0 Å². The highest BCUT2D eigenvalue weighted by Crippen LogP contribution is 2.24. The summed E-state index contributed by atoms with van der Waals surface area (Å²) in [4.78, 5) is 12.7. The van der Waals surface area contributed by atoms with E-state index >= 15 is 0 Å². The number of nitrogens with one attached hydrogen (secondary N) is 1. The molecule has 0 fully saturated rings. The van der Waals surface area contributed by atoms with Crippen LogP contribution in [-0.4, -0.2) is 31.9 Å². The molecule has 0 bridgehead atoms. The van der Waals surface area contributed by atoms with Crippen molar-refractivity contribution < 1.29 is 13.2 Å². The maximum atomic E-state index is 12.7. The Morgan fingerprint density at radius 3 is 2.28 bits per heavy atom. The lowest BCUT2D eigenvalue weighted by atomic mass is 10.1. The van der Waals surface area contributed by atoms with Crippen LogP contribution in [-0.2, 0) is 21.2 Å². The smallest absolute Gasteiger partial charge is 0.247 e. The van der Waals surface area contributed by atoms with Gasteiger partial charge in [-0.3, -0.25) is 4.79 Å². The highest BCUT2D eigenvalue weighted by atomic mass is 32.2. The number of benzene rings is 2. The minimum absolute atomic E-state index is 0.289. The maximum Gasteiger partial charge on any atom is 0.247 e. The number of nitriles is 1. The van der Waals surface area contributed by atoms with Crippen LogP contribution in [0.4, 0.5) is 5.69 Å². The van der Waals surface area contributed by atoms with Gasteiger partial charge in [0.1, 0.15) is 6.04 Å². The molecule has 1 amide bonds. The van der Waals surface area contributed by atoms with Gasteiger partial charge in [0, 0.05) is 12.7 Å². The number of hydrogen-bond acceptors (Lipinski definition) is 4. The van der Waals surface area contributed by atoms with Gasteiger partial charge in [-0.2, -0.15) is 9.57 Å². The second kappa shape index (κ2) is 7.92. The minimum atomic E-state index is -3.57. The Hall–Kier alpha value is -2.69. The number of amides is 1. The number of nitrogens with zero attached hydrogens (tertiary/aromatic N) is 2. The number of likely N-dealkylation sites (N-methyl/N-ethyl adjacent to an activating group) is 1. The lowest BCUT2D eigenvalue weighted by Gasteiger charge is -2.25. The van der Waals surface area contributed by atoms with E-state index in [2.05, 4.69) is 11.4 Å². The lowest BCUT2D eigenvalue weighted by molar-refractivity contribution is -0.119. The monoisotopic (exact) mass is 357 g/mol. The number of carbonyl (C=O) groups excluding carboxylic acids is 1. The number of sulfonamides is 1. The van der Waals surface area contributed by atoms with Gasteiger partial charge in [-0.05, 0) is 23.3 Å². The summed E-state index contributed by atoms with van der Waals surface area (Å²) in [6.45, 7) is 0. The minimum Gasteiger partial charge on any atom is -0.324 e. The molecule has 6 nitrogen and oxygen atoms in total. The van der Waals surface area contributed by atoms with Crippen molar-refractivity contribution in [1.29, 1.82) is 5.26 Å². The van der Waals surface area contributed by atoms with E-state index in [4.69, 9.17) is 5.26 Å². The average Bonchev–Trinajstić information content (AvgIpc) is 2.57. The van der Waals surface area contributed by atoms with E-state index in [1.54, 1.807) is 54.6 Å². The number of anilines is 1. The Bertz CT molecular complexity index is 872. The Morgan fingerprint density at radius 1 is 1.16 bits per heavy atom. The molecule has 0 heterocycles. The van der Waals surface area contributed by atoms with E-state index in [0.717, 1.165) is 16.1 Å². The van der Waals surface area contributed by atoms with Crippen LogP contribution in [0, 0.1) is 11.3 Å². The molecular formula is C18H19N3O3S. The average molecular weight is 357 g/mol. The molecule has 0 spiro atoms. The molecular weight excluding hydrogens is 338 g/mol. The molecule has 130 valence electrons. The molecule has 7 heteroatoms. The zero-order valence-corrected chi connectivity index (χ0v) is 14.8. The van der Waals surface area contributed by atoms with E-state index < -0.39 is 22.0 Å². The quantitative estimate of drug-likeness (QED) is 0.859. The molecule has 0 aromatic heterocycles. The summed E-state index contributed by atoms with van der Waals surface area (Å²) in [6, 6.07) is 16.7. The highest BCUT2D eigenvalue weighted by molar-refractivity contribution is 7.88. The molecule has 2 aromatic rings. The number of carbonyl (C=O) groups is 1. The van der Waals surface area contributed by atoms with Crippen molar-refractivity contribution in [1.82, 2.24) is 4.31 Å². The van der Waals surface area contributed by atoms with Crippen LogP contribution in [0.1, 0.15) is 17.2 Å². The van der Waals surface area contributed by atoms with Crippen LogP contribution in [0.25, 0.3) is 0 Å². The zero-order valence-electron chi connectivity index (χ0n) is 14.0. The van der Waals surface area contributed by atoms with Gasteiger partial charge in [0.25, 0.3) is 0 Å². The third kappa shape index (κ3) is 4.89. The lowest BCUT2D eigenvalue weighted by Crippen LogP contribution is -2.38. The second-order valence-corrected chi connectivity index (χ2v) is 7.66. The molecule has 0 unspecified atom stereocenters. The first-order valence-electron chi connectivity index (χ1n) is 7.57. The highest BCUT2D eigenvalue weighted by Gasteiger charge is 2.30. The van der Waals surface area contributed by atoms with E-state index in [1.165, 1.54) is 7.05 Å². The molecule has 25 heavy (non-hydrogen) atoms. The fourth-order valence-electron chi connectivity index (χ4n) is 2.36. The van der Waals surface area contributed by atoms with Crippen LogP contribution in [0.15, 0.2) is 54.6 Å². The molecule has 1 atom stereocenters. The van der Waals surface area contributed by atoms with Crippen molar-refractivity contribution in [3.05, 3.63) is 65.7 Å². The van der Waals surface area contributed by atoms with Gasteiger partial charge in [-0.15, -0.1) is 0 Å². The van der Waals surface area contributed by atoms with Crippen molar-refractivity contribution in [3.8, 4) is 6.07 Å². The predicted octanol–water partition coefficient (Wildman–Crippen LogP) is 2.32. The van der Waals surface area contributed by atoms with Gasteiger partial charge < -0.3 is 5.32 Å². The largest absolute Gasteiger partial charge is 0.324 e. The summed E-state index contributed by atoms with van der Waals surface area (Å²) in [6.07, 6.45) is 1.35. The number of hydrogen-bond donors (Lipinski definition) is 1. The van der Waals surface area contributed by atoms with Crippen molar-refractivity contribution >= 4 is 21.6 Å². The first-order valence-corrected chi connectivity index (χ1v) is 9.42. The van der Waals surface area contributed by atoms with Gasteiger partial charge >= 0.3 is 0 Å². The molecule has 0 saturated heterocycles. The third-order valence-electron chi connectivity index (χ3n) is 3.76. The van der Waals surface area contributed by atoms with Crippen LogP contribution in [0.3, 0.4) is 0 Å². The van der Waals surface area contributed by atoms with Crippen LogP contribution < -0.4 is 5.32 Å². The molecule has 0 radical (unpaired) electrons. The fraction of sp³-hybridized carbons (Fsp3) is 0.222. The Morgan fingerprint density at radius 2 is 1.76 bits per heavy atom. The fourth-order valence-corrected chi connectivity index (χ4v) is 2.96. The van der Waals surface area contributed by atoms with E-state index in [-0.39, 0.29) is 6.42 Å². The van der Waals surface area contributed by atoms with Crippen molar-refractivity contribution in [3.63, 3.8) is 0 Å². The summed E-state index contributed by atoms with van der Waals surface area (Å²) in [5.41, 5.74) is 1.96. The summed E-state index contributed by atoms with van der Waals surface area (Å²) < 4.78 is 24.9. The van der Waals surface area contributed by atoms with Gasteiger partial charge in [-0.25, -0.2) is 8.42 Å². The standard InChI is InChI=1S/C18H19N3O3S/c1-21(25(2,23)24)17(15-6-4-3-5-7-15)18(22)20-16-10-8-14(9-11-16)12-13-19/h3-11,17H,12H2,1-2H3,(H,20,22)/t17-/m1/s1. The first-order chi connectivity index (χ1) is 11.8. The molecule has 0 aliphatic rings. The van der Waals surface area contributed by atoms with Crippen LogP contribution in [0.5, 0.6) is 0 Å². The number of rotatable bonds is 6. The zero-order chi connectivity index (χ0) is 18.4. The maximum absolute atomic E-state index is 12.7. The van der Waals surface area contributed by atoms with Gasteiger partial charge in [0.2, 0.25) is 15.9 Å². The summed E-state index contributed by atoms with van der Waals surface area (Å²) in [5.74, 6) is -0.452. The van der Waals surface area contributed by atoms with Gasteiger partial charge in [0.15, 0.2) is 0 Å². The third-order valence-corrected chi connectivity index (χ3v) is 5.01. The molecule has 2 aromatic carbocycles. The molecule has 0 aliphatic carbocycles. The Balaban J connectivity index is 2.28. The summed E-state index contributed by atoms with van der Waals surface area (Å²) in [7, 11) is -2.19. The predicted molar refractivity (Wildman–Crippen MR) is 96.2 cm³/mol. The van der Waals surface area contributed by atoms with E-state index in [9.17, 15) is 13.2 Å². The van der Waals surface area contributed by atoms with Crippen LogP contribution >= 0.6 is 0 Å². The van der Waals surface area contributed by atoms with Crippen molar-refractivity contribution in [2.24, 2.45) is 0 Å². The van der Waals surface area contributed by atoms with E-state index in [0.29, 0.717) is 11.3 Å². The van der Waals surface area contributed by atoms with Crippen molar-refractivity contribution in [2.75, 3.05) is 18.6 Å². The SMILES string of the molecule is CN([C@@H](C(=O)Nc1ccc(CC#N)cc1)c1ccccc1)S(C)(=O)=O. The van der Waals surface area contributed by atoms with Gasteiger partial charge in [0.05, 0.1) is 18.7 Å². The molecule has 2 rings (SSSR count). The topological polar surface area (TPSA) is 90.3 Å². The first kappa shape index (κ1) is 18.6. The molecule has 0 saturated carbocycles. The summed E-state index contributed by atoms with van der Waals surface area (Å²) >= 11 is 0. The normalized spacial score (nSPS) is 12.4. The summed E-state index contributed by atoms with van der Waals surface area (Å²) in [5, 5.41) is 11.4. The molecule has 0 aliphatic heterocycles. The van der Waals surface area contributed by atoms with Crippen molar-refractivity contribution in [2.45, 2.75) is 12.5 Å². The molecule has 1 N–H and O–H groups in total. The second-order valence-electron chi connectivity index (χ2n) is 5.61. The van der Waals surface area contributed by atoms with Gasteiger partial charge in [-0.1, -0.05) is 42.5 Å². The van der Waals surface area contributed by atoms with Crippen LogP contribution in [0.2, 0.25) is 0 Å². The Kier molecular flexibility index (Phi) is 5.91. The Labute approximate surface area is 147 Å².